The maximum absolute atomic E-state index is 12.6. The second-order valence-corrected chi connectivity index (χ2v) is 8.82. The number of nitro groups is 1. The summed E-state index contributed by atoms with van der Waals surface area (Å²) < 4.78 is 36.2. The quantitative estimate of drug-likeness (QED) is 0.189. The van der Waals surface area contributed by atoms with Crippen LogP contribution in [0.3, 0.4) is 0 Å². The van der Waals surface area contributed by atoms with E-state index in [1.165, 1.54) is 49.7 Å². The van der Waals surface area contributed by atoms with Crippen LogP contribution in [0, 0.1) is 17.0 Å². The second kappa shape index (κ2) is 9.27. The summed E-state index contributed by atoms with van der Waals surface area (Å²) in [5, 5.41) is 10.7. The first-order valence-electron chi connectivity index (χ1n) is 8.87. The fourth-order valence-electron chi connectivity index (χ4n) is 2.57. The van der Waals surface area contributed by atoms with E-state index in [2.05, 4.69) is 20.9 Å². The minimum absolute atomic E-state index is 0.00978. The monoisotopic (exact) mass is 504 g/mol. The van der Waals surface area contributed by atoms with Crippen molar-refractivity contribution in [3.05, 3.63) is 86.4 Å². The topological polar surface area (TPSA) is 108 Å². The van der Waals surface area contributed by atoms with Crippen molar-refractivity contribution in [3.63, 3.8) is 0 Å². The summed E-state index contributed by atoms with van der Waals surface area (Å²) in [6.07, 6.45) is 1.52. The number of hydrogen-bond acceptors (Lipinski definition) is 7. The lowest BCUT2D eigenvalue weighted by Gasteiger charge is -2.13. The maximum atomic E-state index is 12.6. The molecule has 3 rings (SSSR count). The van der Waals surface area contributed by atoms with E-state index in [9.17, 15) is 18.5 Å². The molecule has 3 aromatic rings. The average molecular weight is 505 g/mol. The molecule has 0 amide bonds. The van der Waals surface area contributed by atoms with Gasteiger partial charge in [-0.25, -0.2) is 0 Å². The molecule has 8 nitrogen and oxygen atoms in total. The highest BCUT2D eigenvalue weighted by atomic mass is 79.9. The molecule has 31 heavy (non-hydrogen) atoms. The molecule has 3 aromatic carbocycles. The average Bonchev–Trinajstić information content (AvgIpc) is 2.74. The van der Waals surface area contributed by atoms with E-state index in [0.717, 1.165) is 5.56 Å². The zero-order valence-electron chi connectivity index (χ0n) is 16.5. The van der Waals surface area contributed by atoms with Crippen LogP contribution in [0.1, 0.15) is 11.1 Å². The van der Waals surface area contributed by atoms with Crippen molar-refractivity contribution in [2.24, 2.45) is 4.99 Å². The molecule has 0 unspecified atom stereocenters. The van der Waals surface area contributed by atoms with E-state index < -0.39 is 15.0 Å². The van der Waals surface area contributed by atoms with Gasteiger partial charge < -0.3 is 8.92 Å². The minimum atomic E-state index is -4.06. The molecule has 0 aliphatic heterocycles. The van der Waals surface area contributed by atoms with Gasteiger partial charge in [-0.15, -0.1) is 0 Å². The molecule has 0 spiro atoms. The fraction of sp³-hybridized carbons (Fsp3) is 0.0952. The van der Waals surface area contributed by atoms with Gasteiger partial charge in [0.05, 0.1) is 22.2 Å². The SMILES string of the molecule is COc1cc(C=Nc2ccc([N+](=O)[O-])cc2)cc(Br)c1OS(=O)(=O)c1ccc(C)cc1. The zero-order valence-corrected chi connectivity index (χ0v) is 18.9. The first kappa shape index (κ1) is 22.4. The van der Waals surface area contributed by atoms with Gasteiger partial charge in [-0.05, 0) is 64.8 Å². The molecule has 0 fully saturated rings. The Morgan fingerprint density at radius 3 is 2.29 bits per heavy atom. The third-order valence-corrected chi connectivity index (χ3v) is 6.00. The van der Waals surface area contributed by atoms with Gasteiger partial charge in [0.25, 0.3) is 5.69 Å². The predicted octanol–water partition coefficient (Wildman–Crippen LogP) is 5.19. The zero-order chi connectivity index (χ0) is 22.6. The van der Waals surface area contributed by atoms with Crippen LogP contribution in [0.25, 0.3) is 0 Å². The van der Waals surface area contributed by atoms with E-state index in [0.29, 0.717) is 15.7 Å². The highest BCUT2D eigenvalue weighted by Crippen LogP contribution is 2.38. The maximum Gasteiger partial charge on any atom is 0.339 e. The van der Waals surface area contributed by atoms with Gasteiger partial charge in [0.1, 0.15) is 4.90 Å². The standard InChI is InChI=1S/C21H17BrN2O6S/c1-14-3-9-18(10-4-14)31(27,28)30-21-19(22)11-15(12-20(21)29-2)13-23-16-5-7-17(8-6-16)24(25)26/h3-13H,1-2H3. The largest absolute Gasteiger partial charge is 0.493 e. The summed E-state index contributed by atoms with van der Waals surface area (Å²) in [7, 11) is -2.67. The van der Waals surface area contributed by atoms with Gasteiger partial charge >= 0.3 is 10.1 Å². The molecule has 0 saturated heterocycles. The van der Waals surface area contributed by atoms with E-state index in [-0.39, 0.29) is 22.1 Å². The highest BCUT2D eigenvalue weighted by Gasteiger charge is 2.21. The Morgan fingerprint density at radius 1 is 1.06 bits per heavy atom. The van der Waals surface area contributed by atoms with E-state index in [1.54, 1.807) is 24.3 Å². The Balaban J connectivity index is 1.87. The number of non-ortho nitro benzene ring substituents is 1. The van der Waals surface area contributed by atoms with Crippen LogP contribution in [0.5, 0.6) is 11.5 Å². The lowest BCUT2D eigenvalue weighted by molar-refractivity contribution is -0.384. The van der Waals surface area contributed by atoms with Crippen LogP contribution in [0.2, 0.25) is 0 Å². The molecule has 0 radical (unpaired) electrons. The van der Waals surface area contributed by atoms with Crippen molar-refractivity contribution in [2.75, 3.05) is 7.11 Å². The number of ether oxygens (including phenoxy) is 1. The van der Waals surface area contributed by atoms with Gasteiger partial charge in [-0.1, -0.05) is 17.7 Å². The third-order valence-electron chi connectivity index (χ3n) is 4.18. The van der Waals surface area contributed by atoms with Crippen LogP contribution in [0.4, 0.5) is 11.4 Å². The number of aliphatic imine (C=N–C) groups is 1. The number of benzene rings is 3. The summed E-state index contributed by atoms with van der Waals surface area (Å²) in [5.41, 5.74) is 2.01. The van der Waals surface area contributed by atoms with Gasteiger partial charge in [-0.2, -0.15) is 8.42 Å². The molecule has 0 heterocycles. The van der Waals surface area contributed by atoms with Crippen molar-refractivity contribution < 1.29 is 22.3 Å². The molecular formula is C21H17BrN2O6S. The van der Waals surface area contributed by atoms with Crippen molar-refractivity contribution in [1.82, 2.24) is 0 Å². The molecule has 0 saturated carbocycles. The van der Waals surface area contributed by atoms with E-state index >= 15 is 0 Å². The molecule has 0 bridgehead atoms. The second-order valence-electron chi connectivity index (χ2n) is 6.42. The van der Waals surface area contributed by atoms with E-state index in [4.69, 9.17) is 8.92 Å². The van der Waals surface area contributed by atoms with Crippen molar-refractivity contribution in [2.45, 2.75) is 11.8 Å². The number of rotatable bonds is 7. The smallest absolute Gasteiger partial charge is 0.339 e. The number of hydrogen-bond donors (Lipinski definition) is 0. The number of nitrogens with zero attached hydrogens (tertiary/aromatic N) is 2. The first-order chi connectivity index (χ1) is 14.7. The van der Waals surface area contributed by atoms with Crippen LogP contribution >= 0.6 is 15.9 Å². The Bertz CT molecular complexity index is 1240. The number of aryl methyl sites for hydroxylation is 1. The number of nitro benzene ring substituents is 1. The summed E-state index contributed by atoms with van der Waals surface area (Å²) in [6.45, 7) is 1.85. The van der Waals surface area contributed by atoms with Gasteiger partial charge in [0.15, 0.2) is 11.5 Å². The molecule has 0 atom stereocenters. The highest BCUT2D eigenvalue weighted by molar-refractivity contribution is 9.10. The number of methoxy groups -OCH3 is 1. The van der Waals surface area contributed by atoms with Crippen LogP contribution in [0.15, 0.2) is 75.0 Å². The lowest BCUT2D eigenvalue weighted by Crippen LogP contribution is -2.11. The normalized spacial score (nSPS) is 11.5. The third kappa shape index (κ3) is 5.47. The summed E-state index contributed by atoms with van der Waals surface area (Å²) in [6, 6.07) is 15.2. The molecule has 160 valence electrons. The minimum Gasteiger partial charge on any atom is -0.493 e. The molecule has 0 aromatic heterocycles. The summed E-state index contributed by atoms with van der Waals surface area (Å²) in [5.74, 6) is 0.200. The van der Waals surface area contributed by atoms with Crippen molar-refractivity contribution >= 4 is 43.6 Å². The Kier molecular flexibility index (Phi) is 6.71. The number of halogens is 1. The van der Waals surface area contributed by atoms with Crippen LogP contribution < -0.4 is 8.92 Å². The van der Waals surface area contributed by atoms with Crippen LogP contribution in [-0.4, -0.2) is 26.7 Å². The van der Waals surface area contributed by atoms with Gasteiger partial charge in [-0.3, -0.25) is 15.1 Å². The molecule has 0 aliphatic rings. The van der Waals surface area contributed by atoms with Crippen molar-refractivity contribution in [3.8, 4) is 11.5 Å². The van der Waals surface area contributed by atoms with Gasteiger partial charge in [0.2, 0.25) is 0 Å². The van der Waals surface area contributed by atoms with E-state index in [1.807, 2.05) is 6.92 Å². The predicted molar refractivity (Wildman–Crippen MR) is 120 cm³/mol. The summed E-state index contributed by atoms with van der Waals surface area (Å²) >= 11 is 3.32. The Labute approximate surface area is 187 Å². The lowest BCUT2D eigenvalue weighted by atomic mass is 10.2. The molecule has 0 aliphatic carbocycles. The van der Waals surface area contributed by atoms with Crippen molar-refractivity contribution in [1.29, 1.82) is 0 Å². The van der Waals surface area contributed by atoms with Gasteiger partial charge in [0, 0.05) is 18.3 Å². The molecular weight excluding hydrogens is 488 g/mol. The fourth-order valence-corrected chi connectivity index (χ4v) is 4.17. The molecule has 0 N–H and O–H groups in total. The summed E-state index contributed by atoms with van der Waals surface area (Å²) in [4.78, 5) is 14.5. The first-order valence-corrected chi connectivity index (χ1v) is 11.1. The van der Waals surface area contributed by atoms with Crippen LogP contribution in [-0.2, 0) is 10.1 Å². The Hall–Kier alpha value is -3.24. The molecule has 10 heteroatoms. The Morgan fingerprint density at radius 2 is 1.71 bits per heavy atom.